The van der Waals surface area contributed by atoms with Gasteiger partial charge in [-0.05, 0) is 38.1 Å². The Hall–Kier alpha value is -3.32. The minimum atomic E-state index is -0.228. The smallest absolute Gasteiger partial charge is 0.237 e. The number of nitrogens with zero attached hydrogens (tertiary/aromatic N) is 5. The van der Waals surface area contributed by atoms with Crippen LogP contribution in [0.1, 0.15) is 18.2 Å². The van der Waals surface area contributed by atoms with Crippen molar-refractivity contribution in [2.75, 3.05) is 5.43 Å². The number of aryl methyl sites for hydroxylation is 2. The number of ether oxygens (including phenoxy) is 1. The van der Waals surface area contributed by atoms with Gasteiger partial charge in [0.25, 0.3) is 0 Å². The molecular weight excluding hydrogens is 292 g/mol. The molecule has 0 saturated heterocycles. The van der Waals surface area contributed by atoms with Gasteiger partial charge < -0.3 is 4.74 Å². The second-order valence-electron chi connectivity index (χ2n) is 4.70. The standard InChI is InChI=1S/C16H16N6O/c1-3-22-10-13(12(2)21-22)11-23-16-6-4-14(5-7-16)19-20-15(8-17)9-18/h4-7,10,19H,3,11H2,1-2H3. The van der Waals surface area contributed by atoms with Crippen molar-refractivity contribution in [2.24, 2.45) is 5.10 Å². The summed E-state index contributed by atoms with van der Waals surface area (Å²) in [6.45, 7) is 5.27. The van der Waals surface area contributed by atoms with Gasteiger partial charge >= 0.3 is 0 Å². The summed E-state index contributed by atoms with van der Waals surface area (Å²) < 4.78 is 7.61. The first-order chi connectivity index (χ1) is 11.2. The van der Waals surface area contributed by atoms with Crippen LogP contribution in [0.4, 0.5) is 5.69 Å². The lowest BCUT2D eigenvalue weighted by Gasteiger charge is -2.06. The molecule has 0 spiro atoms. The summed E-state index contributed by atoms with van der Waals surface area (Å²) in [5.41, 5.74) is 5.08. The van der Waals surface area contributed by atoms with Crippen molar-refractivity contribution in [2.45, 2.75) is 27.0 Å². The Morgan fingerprint density at radius 2 is 2.00 bits per heavy atom. The highest BCUT2D eigenvalue weighted by Crippen LogP contribution is 2.18. The third kappa shape index (κ3) is 4.32. The van der Waals surface area contributed by atoms with Crippen molar-refractivity contribution in [1.82, 2.24) is 9.78 Å². The lowest BCUT2D eigenvalue weighted by molar-refractivity contribution is 0.305. The molecule has 7 heteroatoms. The summed E-state index contributed by atoms with van der Waals surface area (Å²) in [5, 5.41) is 25.2. The van der Waals surface area contributed by atoms with Crippen LogP contribution in [-0.4, -0.2) is 15.5 Å². The Morgan fingerprint density at radius 1 is 1.30 bits per heavy atom. The van der Waals surface area contributed by atoms with E-state index in [1.54, 1.807) is 36.4 Å². The minimum absolute atomic E-state index is 0.228. The topological polar surface area (TPSA) is 99.0 Å². The molecule has 7 nitrogen and oxygen atoms in total. The maximum Gasteiger partial charge on any atom is 0.237 e. The summed E-state index contributed by atoms with van der Waals surface area (Å²) in [6, 6.07) is 10.4. The zero-order chi connectivity index (χ0) is 16.7. The van der Waals surface area contributed by atoms with Gasteiger partial charge in [-0.1, -0.05) is 0 Å². The lowest BCUT2D eigenvalue weighted by Crippen LogP contribution is -1.98. The molecule has 0 aliphatic heterocycles. The average molecular weight is 308 g/mol. The fourth-order valence-electron chi connectivity index (χ4n) is 1.85. The SMILES string of the molecule is CCn1cc(COc2ccc(NN=C(C#N)C#N)cc2)c(C)n1. The molecule has 0 saturated carbocycles. The Morgan fingerprint density at radius 3 is 2.57 bits per heavy atom. The monoisotopic (exact) mass is 308 g/mol. The maximum absolute atomic E-state index is 8.60. The summed E-state index contributed by atoms with van der Waals surface area (Å²) in [6.07, 6.45) is 1.98. The molecule has 0 aliphatic carbocycles. The summed E-state index contributed by atoms with van der Waals surface area (Å²) in [5.74, 6) is 0.712. The maximum atomic E-state index is 8.60. The normalized spacial score (nSPS) is 9.57. The molecule has 1 aromatic heterocycles. The molecule has 116 valence electrons. The van der Waals surface area contributed by atoms with Gasteiger partial charge in [0, 0.05) is 18.3 Å². The Kier molecular flexibility index (Phi) is 5.32. The number of hydrogen-bond acceptors (Lipinski definition) is 6. The number of benzene rings is 1. The van der Waals surface area contributed by atoms with Crippen molar-refractivity contribution < 1.29 is 4.74 Å². The van der Waals surface area contributed by atoms with E-state index in [0.717, 1.165) is 17.8 Å². The van der Waals surface area contributed by atoms with Crippen LogP contribution >= 0.6 is 0 Å². The van der Waals surface area contributed by atoms with E-state index in [0.29, 0.717) is 18.0 Å². The van der Waals surface area contributed by atoms with E-state index in [-0.39, 0.29) is 5.71 Å². The van der Waals surface area contributed by atoms with Crippen LogP contribution in [0.3, 0.4) is 0 Å². The van der Waals surface area contributed by atoms with Crippen LogP contribution in [0, 0.1) is 29.6 Å². The zero-order valence-electron chi connectivity index (χ0n) is 12.9. The number of nitrogens with one attached hydrogen (secondary N) is 1. The van der Waals surface area contributed by atoms with E-state index >= 15 is 0 Å². The minimum Gasteiger partial charge on any atom is -0.489 e. The number of hydrogen-bond donors (Lipinski definition) is 1. The highest BCUT2D eigenvalue weighted by atomic mass is 16.5. The molecule has 0 radical (unpaired) electrons. The third-order valence-electron chi connectivity index (χ3n) is 3.13. The molecule has 1 N–H and O–H groups in total. The molecule has 1 heterocycles. The van der Waals surface area contributed by atoms with Crippen LogP contribution < -0.4 is 10.2 Å². The van der Waals surface area contributed by atoms with Gasteiger partial charge in [-0.3, -0.25) is 10.1 Å². The second-order valence-corrected chi connectivity index (χ2v) is 4.70. The van der Waals surface area contributed by atoms with Crippen molar-refractivity contribution in [3.05, 3.63) is 41.7 Å². The average Bonchev–Trinajstić information content (AvgIpc) is 2.95. The number of hydrazone groups is 1. The molecule has 2 rings (SSSR count). The van der Waals surface area contributed by atoms with Gasteiger partial charge in [-0.2, -0.15) is 20.7 Å². The van der Waals surface area contributed by atoms with E-state index in [2.05, 4.69) is 15.6 Å². The summed E-state index contributed by atoms with van der Waals surface area (Å²) in [4.78, 5) is 0. The van der Waals surface area contributed by atoms with Crippen molar-refractivity contribution in [3.8, 4) is 17.9 Å². The first-order valence-corrected chi connectivity index (χ1v) is 7.06. The molecule has 2 aromatic rings. The second kappa shape index (κ2) is 7.62. The Bertz CT molecular complexity index is 760. The summed E-state index contributed by atoms with van der Waals surface area (Å²) >= 11 is 0. The van der Waals surface area contributed by atoms with Crippen molar-refractivity contribution >= 4 is 11.4 Å². The molecular formula is C16H16N6O. The molecule has 0 aliphatic rings. The molecule has 0 unspecified atom stereocenters. The van der Waals surface area contributed by atoms with Crippen LogP contribution in [0.25, 0.3) is 0 Å². The number of anilines is 1. The van der Waals surface area contributed by atoms with Crippen LogP contribution in [-0.2, 0) is 13.2 Å². The zero-order valence-corrected chi connectivity index (χ0v) is 12.9. The van der Waals surface area contributed by atoms with Crippen molar-refractivity contribution in [3.63, 3.8) is 0 Å². The number of nitriles is 2. The predicted molar refractivity (Wildman–Crippen MR) is 85.7 cm³/mol. The predicted octanol–water partition coefficient (Wildman–Crippen LogP) is 2.61. The Balaban J connectivity index is 1.95. The highest BCUT2D eigenvalue weighted by molar-refractivity contribution is 6.10. The molecule has 0 atom stereocenters. The van der Waals surface area contributed by atoms with E-state index in [1.807, 2.05) is 24.7 Å². The Labute approximate surface area is 134 Å². The van der Waals surface area contributed by atoms with Gasteiger partial charge in [0.1, 0.15) is 24.5 Å². The summed E-state index contributed by atoms with van der Waals surface area (Å²) in [7, 11) is 0. The quantitative estimate of drug-likeness (QED) is 0.653. The van der Waals surface area contributed by atoms with Crippen molar-refractivity contribution in [1.29, 1.82) is 10.5 Å². The molecule has 23 heavy (non-hydrogen) atoms. The third-order valence-corrected chi connectivity index (χ3v) is 3.13. The fourth-order valence-corrected chi connectivity index (χ4v) is 1.85. The van der Waals surface area contributed by atoms with E-state index in [9.17, 15) is 0 Å². The van der Waals surface area contributed by atoms with Gasteiger partial charge in [0.2, 0.25) is 5.71 Å². The first kappa shape index (κ1) is 16.1. The number of rotatable bonds is 6. The lowest BCUT2D eigenvalue weighted by atomic mass is 10.3. The van der Waals surface area contributed by atoms with Gasteiger partial charge in [0.05, 0.1) is 11.4 Å². The van der Waals surface area contributed by atoms with Crippen LogP contribution in [0.5, 0.6) is 5.75 Å². The van der Waals surface area contributed by atoms with Gasteiger partial charge in [0.15, 0.2) is 0 Å². The van der Waals surface area contributed by atoms with Gasteiger partial charge in [-0.25, -0.2) is 0 Å². The van der Waals surface area contributed by atoms with E-state index in [1.165, 1.54) is 0 Å². The first-order valence-electron chi connectivity index (χ1n) is 7.06. The largest absolute Gasteiger partial charge is 0.489 e. The number of aromatic nitrogens is 2. The molecule has 0 amide bonds. The molecule has 1 aromatic carbocycles. The van der Waals surface area contributed by atoms with E-state index < -0.39 is 0 Å². The van der Waals surface area contributed by atoms with Crippen LogP contribution in [0.2, 0.25) is 0 Å². The van der Waals surface area contributed by atoms with E-state index in [4.69, 9.17) is 15.3 Å². The van der Waals surface area contributed by atoms with Gasteiger partial charge in [-0.15, -0.1) is 0 Å². The molecule has 0 fully saturated rings. The highest BCUT2D eigenvalue weighted by Gasteiger charge is 2.05. The van der Waals surface area contributed by atoms with Crippen LogP contribution in [0.15, 0.2) is 35.6 Å². The molecule has 0 bridgehead atoms. The fraction of sp³-hybridized carbons (Fsp3) is 0.250.